The summed E-state index contributed by atoms with van der Waals surface area (Å²) in [6.07, 6.45) is 11.3. The number of piperidine rings is 1. The topological polar surface area (TPSA) is 24.5 Å². The highest BCUT2D eigenvalue weighted by atomic mass is 16.5. The van der Waals surface area contributed by atoms with Crippen LogP contribution < -0.4 is 5.32 Å². The van der Waals surface area contributed by atoms with Crippen LogP contribution in [-0.2, 0) is 4.74 Å². The van der Waals surface area contributed by atoms with Crippen molar-refractivity contribution in [2.45, 2.75) is 57.4 Å². The Bertz CT molecular complexity index is 295. The molecule has 20 heavy (non-hydrogen) atoms. The number of hydrogen-bond acceptors (Lipinski definition) is 3. The summed E-state index contributed by atoms with van der Waals surface area (Å²) in [5.74, 6) is 0.767. The Morgan fingerprint density at radius 3 is 2.65 bits per heavy atom. The minimum absolute atomic E-state index is 0.581. The third-order valence-electron chi connectivity index (χ3n) is 5.57. The predicted octanol–water partition coefficient (Wildman–Crippen LogP) is 2.66. The minimum Gasteiger partial charge on any atom is -0.384 e. The lowest BCUT2D eigenvalue weighted by molar-refractivity contribution is 0.0631. The molecule has 3 aliphatic rings. The molecule has 0 radical (unpaired) electrons. The van der Waals surface area contributed by atoms with Crippen molar-refractivity contribution in [3.63, 3.8) is 0 Å². The van der Waals surface area contributed by atoms with E-state index in [9.17, 15) is 0 Å². The quantitative estimate of drug-likeness (QED) is 0.776. The van der Waals surface area contributed by atoms with Gasteiger partial charge in [0, 0.05) is 32.8 Å². The maximum absolute atomic E-state index is 5.37. The van der Waals surface area contributed by atoms with Crippen LogP contribution in [0, 0.1) is 11.3 Å². The van der Waals surface area contributed by atoms with Crippen molar-refractivity contribution in [2.24, 2.45) is 11.3 Å². The van der Waals surface area contributed by atoms with Gasteiger partial charge in [-0.15, -0.1) is 0 Å². The first kappa shape index (κ1) is 14.8. The van der Waals surface area contributed by atoms with E-state index in [1.54, 1.807) is 0 Å². The van der Waals surface area contributed by atoms with Gasteiger partial charge in [0.1, 0.15) is 0 Å². The zero-order valence-electron chi connectivity index (χ0n) is 13.2. The number of ether oxygens (including phenoxy) is 1. The molecule has 0 spiro atoms. The van der Waals surface area contributed by atoms with Crippen LogP contribution >= 0.6 is 0 Å². The predicted molar refractivity (Wildman–Crippen MR) is 83.0 cm³/mol. The summed E-state index contributed by atoms with van der Waals surface area (Å²) >= 11 is 0. The molecule has 1 heterocycles. The second kappa shape index (κ2) is 6.76. The molecule has 3 fully saturated rings. The van der Waals surface area contributed by atoms with Gasteiger partial charge in [0.15, 0.2) is 0 Å². The van der Waals surface area contributed by atoms with Crippen LogP contribution in [0.1, 0.15) is 51.4 Å². The first-order chi connectivity index (χ1) is 9.80. The fourth-order valence-corrected chi connectivity index (χ4v) is 4.31. The summed E-state index contributed by atoms with van der Waals surface area (Å²) in [7, 11) is 1.84. The fraction of sp³-hybridized carbons (Fsp3) is 1.00. The van der Waals surface area contributed by atoms with Gasteiger partial charge in [-0.3, -0.25) is 0 Å². The van der Waals surface area contributed by atoms with E-state index in [4.69, 9.17) is 4.74 Å². The summed E-state index contributed by atoms with van der Waals surface area (Å²) in [6.45, 7) is 6.12. The summed E-state index contributed by atoms with van der Waals surface area (Å²) in [6, 6.07) is 0.857. The molecule has 0 aromatic rings. The number of nitrogens with one attached hydrogen (secondary N) is 1. The van der Waals surface area contributed by atoms with Crippen LogP contribution in [0.5, 0.6) is 0 Å². The van der Waals surface area contributed by atoms with E-state index in [1.807, 2.05) is 7.11 Å². The highest BCUT2D eigenvalue weighted by molar-refractivity contribution is 4.93. The van der Waals surface area contributed by atoms with Crippen molar-refractivity contribution < 1.29 is 4.74 Å². The van der Waals surface area contributed by atoms with Crippen LogP contribution in [0.2, 0.25) is 0 Å². The van der Waals surface area contributed by atoms with Crippen LogP contribution in [0.15, 0.2) is 0 Å². The highest BCUT2D eigenvalue weighted by Gasteiger charge is 2.37. The summed E-state index contributed by atoms with van der Waals surface area (Å²) in [4.78, 5) is 2.74. The zero-order chi connectivity index (χ0) is 13.8. The Labute approximate surface area is 124 Å². The third-order valence-corrected chi connectivity index (χ3v) is 5.57. The van der Waals surface area contributed by atoms with Gasteiger partial charge < -0.3 is 15.0 Å². The normalized spacial score (nSPS) is 30.8. The van der Waals surface area contributed by atoms with Crippen molar-refractivity contribution in [3.8, 4) is 0 Å². The number of rotatable bonds is 7. The van der Waals surface area contributed by atoms with E-state index in [-0.39, 0.29) is 0 Å². The number of likely N-dealkylation sites (tertiary alicyclic amines) is 1. The zero-order valence-corrected chi connectivity index (χ0v) is 13.2. The average Bonchev–Trinajstić information content (AvgIpc) is 3.18. The maximum atomic E-state index is 5.37. The minimum atomic E-state index is 0.581. The standard InChI is InChI=1S/C17H32N2O/c1-20-12-15-5-4-10-19(11-15)14-17(8-2-3-9-17)13-18-16-6-7-16/h15-16,18H,2-14H2,1H3. The molecular formula is C17H32N2O. The molecule has 1 aliphatic heterocycles. The Morgan fingerprint density at radius 2 is 1.95 bits per heavy atom. The second-order valence-corrected chi connectivity index (χ2v) is 7.56. The van der Waals surface area contributed by atoms with Crippen molar-refractivity contribution in [3.05, 3.63) is 0 Å². The summed E-state index contributed by atoms with van der Waals surface area (Å²) < 4.78 is 5.37. The van der Waals surface area contributed by atoms with Crippen molar-refractivity contribution in [1.29, 1.82) is 0 Å². The smallest absolute Gasteiger partial charge is 0.0502 e. The van der Waals surface area contributed by atoms with E-state index < -0.39 is 0 Å². The van der Waals surface area contributed by atoms with Crippen molar-refractivity contribution in [1.82, 2.24) is 10.2 Å². The lowest BCUT2D eigenvalue weighted by Gasteiger charge is -2.40. The largest absolute Gasteiger partial charge is 0.384 e. The van der Waals surface area contributed by atoms with Gasteiger partial charge in [-0.25, -0.2) is 0 Å². The molecule has 3 nitrogen and oxygen atoms in total. The maximum Gasteiger partial charge on any atom is 0.0502 e. The van der Waals surface area contributed by atoms with Crippen molar-refractivity contribution >= 4 is 0 Å². The molecule has 2 saturated carbocycles. The number of methoxy groups -OCH3 is 1. The SMILES string of the molecule is COCC1CCCN(CC2(CNC3CC3)CCCC2)C1. The first-order valence-corrected chi connectivity index (χ1v) is 8.74. The van der Waals surface area contributed by atoms with E-state index in [0.717, 1.165) is 18.6 Å². The van der Waals surface area contributed by atoms with Gasteiger partial charge >= 0.3 is 0 Å². The summed E-state index contributed by atoms with van der Waals surface area (Å²) in [5, 5.41) is 3.81. The number of nitrogens with zero attached hydrogens (tertiary/aromatic N) is 1. The van der Waals surface area contributed by atoms with Crippen LogP contribution in [0.25, 0.3) is 0 Å². The molecule has 1 saturated heterocycles. The molecule has 0 aromatic carbocycles. The van der Waals surface area contributed by atoms with Gasteiger partial charge in [-0.05, 0) is 56.4 Å². The summed E-state index contributed by atoms with van der Waals surface area (Å²) in [5.41, 5.74) is 0.581. The lowest BCUT2D eigenvalue weighted by Crippen LogP contribution is -2.47. The second-order valence-electron chi connectivity index (χ2n) is 7.56. The highest BCUT2D eigenvalue weighted by Crippen LogP contribution is 2.39. The van der Waals surface area contributed by atoms with Crippen LogP contribution in [-0.4, -0.2) is 50.8 Å². The molecular weight excluding hydrogens is 248 g/mol. The molecule has 0 aromatic heterocycles. The van der Waals surface area contributed by atoms with Crippen LogP contribution in [0.4, 0.5) is 0 Å². The molecule has 1 N–H and O–H groups in total. The van der Waals surface area contributed by atoms with E-state index in [1.165, 1.54) is 77.5 Å². The average molecular weight is 280 g/mol. The molecule has 3 heteroatoms. The monoisotopic (exact) mass is 280 g/mol. The van der Waals surface area contributed by atoms with Crippen molar-refractivity contribution in [2.75, 3.05) is 39.9 Å². The molecule has 1 unspecified atom stereocenters. The molecule has 3 rings (SSSR count). The molecule has 0 amide bonds. The molecule has 0 bridgehead atoms. The van der Waals surface area contributed by atoms with Gasteiger partial charge in [-0.1, -0.05) is 12.8 Å². The Kier molecular flexibility index (Phi) is 5.00. The Balaban J connectivity index is 1.52. The molecule has 1 atom stereocenters. The van der Waals surface area contributed by atoms with E-state index in [0.29, 0.717) is 5.41 Å². The number of hydrogen-bond donors (Lipinski definition) is 1. The van der Waals surface area contributed by atoms with Gasteiger partial charge in [-0.2, -0.15) is 0 Å². The molecule has 116 valence electrons. The van der Waals surface area contributed by atoms with Crippen LogP contribution in [0.3, 0.4) is 0 Å². The van der Waals surface area contributed by atoms with E-state index in [2.05, 4.69) is 10.2 Å². The van der Waals surface area contributed by atoms with Gasteiger partial charge in [0.05, 0.1) is 6.61 Å². The van der Waals surface area contributed by atoms with E-state index >= 15 is 0 Å². The third kappa shape index (κ3) is 3.96. The first-order valence-electron chi connectivity index (χ1n) is 8.74. The van der Waals surface area contributed by atoms with Gasteiger partial charge in [0.25, 0.3) is 0 Å². The van der Waals surface area contributed by atoms with Gasteiger partial charge in [0.2, 0.25) is 0 Å². The molecule has 2 aliphatic carbocycles. The fourth-order valence-electron chi connectivity index (χ4n) is 4.31. The lowest BCUT2D eigenvalue weighted by atomic mass is 9.84. The Hall–Kier alpha value is -0.120. The Morgan fingerprint density at radius 1 is 1.15 bits per heavy atom.